The van der Waals surface area contributed by atoms with Crippen molar-refractivity contribution in [2.24, 2.45) is 5.73 Å². The minimum absolute atomic E-state index is 0.620. The third-order valence-electron chi connectivity index (χ3n) is 2.92. The van der Waals surface area contributed by atoms with Crippen molar-refractivity contribution in [1.82, 2.24) is 0 Å². The Hall–Kier alpha value is -1.06. The summed E-state index contributed by atoms with van der Waals surface area (Å²) < 4.78 is 5.33. The van der Waals surface area contributed by atoms with Gasteiger partial charge in [0.15, 0.2) is 0 Å². The van der Waals surface area contributed by atoms with Crippen LogP contribution in [0.2, 0.25) is 0 Å². The molecular weight excluding hydrogens is 188 g/mol. The van der Waals surface area contributed by atoms with E-state index in [1.54, 1.807) is 0 Å². The maximum atomic E-state index is 5.65. The summed E-state index contributed by atoms with van der Waals surface area (Å²) >= 11 is 0. The van der Waals surface area contributed by atoms with Gasteiger partial charge in [-0.3, -0.25) is 0 Å². The lowest BCUT2D eigenvalue weighted by molar-refractivity contribution is 0.122. The second-order valence-electron chi connectivity index (χ2n) is 3.91. The molecule has 1 fully saturated rings. The van der Waals surface area contributed by atoms with Crippen LogP contribution in [0.4, 0.5) is 5.69 Å². The molecule has 0 saturated carbocycles. The van der Waals surface area contributed by atoms with Gasteiger partial charge in [-0.1, -0.05) is 6.07 Å². The highest BCUT2D eigenvalue weighted by molar-refractivity contribution is 5.51. The number of ether oxygens (including phenoxy) is 1. The van der Waals surface area contributed by atoms with Gasteiger partial charge in [0.25, 0.3) is 0 Å². The minimum Gasteiger partial charge on any atom is -0.378 e. The number of aryl methyl sites for hydroxylation is 1. The Labute approximate surface area is 90.8 Å². The van der Waals surface area contributed by atoms with Crippen LogP contribution in [0.1, 0.15) is 11.1 Å². The first-order valence-corrected chi connectivity index (χ1v) is 5.43. The molecule has 0 amide bonds. The van der Waals surface area contributed by atoms with Crippen LogP contribution >= 0.6 is 0 Å². The van der Waals surface area contributed by atoms with Crippen molar-refractivity contribution in [3.63, 3.8) is 0 Å². The lowest BCUT2D eigenvalue weighted by Gasteiger charge is -2.29. The van der Waals surface area contributed by atoms with Gasteiger partial charge in [0.2, 0.25) is 0 Å². The van der Waals surface area contributed by atoms with Crippen LogP contribution in [0.3, 0.4) is 0 Å². The molecule has 0 aliphatic carbocycles. The Kier molecular flexibility index (Phi) is 3.23. The van der Waals surface area contributed by atoms with E-state index in [0.29, 0.717) is 6.54 Å². The number of rotatable bonds is 2. The molecule has 0 unspecified atom stereocenters. The molecule has 3 heteroatoms. The van der Waals surface area contributed by atoms with Crippen LogP contribution in [0.25, 0.3) is 0 Å². The monoisotopic (exact) mass is 206 g/mol. The fourth-order valence-electron chi connectivity index (χ4n) is 1.93. The first-order valence-electron chi connectivity index (χ1n) is 5.43. The van der Waals surface area contributed by atoms with Crippen molar-refractivity contribution in [3.8, 4) is 0 Å². The quantitative estimate of drug-likeness (QED) is 0.792. The maximum Gasteiger partial charge on any atom is 0.0642 e. The third kappa shape index (κ3) is 2.30. The number of nitrogens with two attached hydrogens (primary N) is 1. The lowest BCUT2D eigenvalue weighted by atomic mass is 10.1. The van der Waals surface area contributed by atoms with E-state index >= 15 is 0 Å². The van der Waals surface area contributed by atoms with E-state index in [-0.39, 0.29) is 0 Å². The van der Waals surface area contributed by atoms with Crippen LogP contribution in [0.5, 0.6) is 0 Å². The summed E-state index contributed by atoms with van der Waals surface area (Å²) in [6.07, 6.45) is 0. The molecule has 0 bridgehead atoms. The molecule has 2 N–H and O–H groups in total. The van der Waals surface area contributed by atoms with Crippen LogP contribution < -0.4 is 10.6 Å². The number of benzene rings is 1. The van der Waals surface area contributed by atoms with Gasteiger partial charge in [-0.2, -0.15) is 0 Å². The smallest absolute Gasteiger partial charge is 0.0642 e. The highest BCUT2D eigenvalue weighted by Crippen LogP contribution is 2.19. The predicted octanol–water partition coefficient (Wildman–Crippen LogP) is 1.29. The fourth-order valence-corrected chi connectivity index (χ4v) is 1.93. The standard InChI is InChI=1S/C12H18N2O/c1-10-8-12(3-2-11(10)9-13)14-4-6-15-7-5-14/h2-3,8H,4-7,9,13H2,1H3. The molecule has 82 valence electrons. The van der Waals surface area contributed by atoms with Crippen molar-refractivity contribution in [2.75, 3.05) is 31.2 Å². The van der Waals surface area contributed by atoms with Crippen molar-refractivity contribution in [3.05, 3.63) is 29.3 Å². The molecule has 15 heavy (non-hydrogen) atoms. The molecule has 1 aromatic carbocycles. The molecule has 2 rings (SSSR count). The summed E-state index contributed by atoms with van der Waals surface area (Å²) in [6.45, 7) is 6.37. The number of hydrogen-bond donors (Lipinski definition) is 1. The number of hydrogen-bond acceptors (Lipinski definition) is 3. The van der Waals surface area contributed by atoms with E-state index in [0.717, 1.165) is 26.3 Å². The lowest BCUT2D eigenvalue weighted by Crippen LogP contribution is -2.36. The van der Waals surface area contributed by atoms with Gasteiger partial charge in [-0.05, 0) is 30.2 Å². The van der Waals surface area contributed by atoms with Gasteiger partial charge in [0.05, 0.1) is 13.2 Å². The first-order chi connectivity index (χ1) is 7.31. The van der Waals surface area contributed by atoms with Gasteiger partial charge in [-0.25, -0.2) is 0 Å². The molecule has 1 aromatic rings. The zero-order valence-corrected chi connectivity index (χ0v) is 9.20. The van der Waals surface area contributed by atoms with Crippen LogP contribution in [0.15, 0.2) is 18.2 Å². The third-order valence-corrected chi connectivity index (χ3v) is 2.92. The molecule has 0 aromatic heterocycles. The number of anilines is 1. The van der Waals surface area contributed by atoms with Crippen molar-refractivity contribution < 1.29 is 4.74 Å². The highest BCUT2D eigenvalue weighted by atomic mass is 16.5. The molecule has 0 atom stereocenters. The number of morpholine rings is 1. The van der Waals surface area contributed by atoms with E-state index in [1.165, 1.54) is 16.8 Å². The largest absolute Gasteiger partial charge is 0.378 e. The highest BCUT2D eigenvalue weighted by Gasteiger charge is 2.11. The van der Waals surface area contributed by atoms with Crippen molar-refractivity contribution in [1.29, 1.82) is 0 Å². The minimum atomic E-state index is 0.620. The average molecular weight is 206 g/mol. The summed E-state index contributed by atoms with van der Waals surface area (Å²) in [5.74, 6) is 0. The Balaban J connectivity index is 2.17. The van der Waals surface area contributed by atoms with Crippen LogP contribution in [-0.2, 0) is 11.3 Å². The summed E-state index contributed by atoms with van der Waals surface area (Å²) in [4.78, 5) is 2.36. The van der Waals surface area contributed by atoms with Crippen molar-refractivity contribution >= 4 is 5.69 Å². The molecule has 1 heterocycles. The maximum absolute atomic E-state index is 5.65. The molecule has 1 aliphatic rings. The van der Waals surface area contributed by atoms with Crippen molar-refractivity contribution in [2.45, 2.75) is 13.5 Å². The molecule has 1 aliphatic heterocycles. The Morgan fingerprint density at radius 3 is 2.67 bits per heavy atom. The van der Waals surface area contributed by atoms with E-state index in [1.807, 2.05) is 0 Å². The Bertz CT molecular complexity index is 332. The van der Waals surface area contributed by atoms with E-state index in [4.69, 9.17) is 10.5 Å². The normalized spacial score (nSPS) is 16.8. The fraction of sp³-hybridized carbons (Fsp3) is 0.500. The molecule has 3 nitrogen and oxygen atoms in total. The van der Waals surface area contributed by atoms with Crippen LogP contribution in [-0.4, -0.2) is 26.3 Å². The summed E-state index contributed by atoms with van der Waals surface area (Å²) in [7, 11) is 0. The van der Waals surface area contributed by atoms with Gasteiger partial charge in [0.1, 0.15) is 0 Å². The van der Waals surface area contributed by atoms with E-state index in [9.17, 15) is 0 Å². The van der Waals surface area contributed by atoms with E-state index in [2.05, 4.69) is 30.0 Å². The Morgan fingerprint density at radius 1 is 1.33 bits per heavy atom. The van der Waals surface area contributed by atoms with Gasteiger partial charge >= 0.3 is 0 Å². The molecule has 1 saturated heterocycles. The molecule has 0 spiro atoms. The molecular formula is C12H18N2O. The number of nitrogens with zero attached hydrogens (tertiary/aromatic N) is 1. The average Bonchev–Trinajstić information content (AvgIpc) is 2.30. The second-order valence-corrected chi connectivity index (χ2v) is 3.91. The molecule has 0 radical (unpaired) electrons. The summed E-state index contributed by atoms with van der Waals surface area (Å²) in [6, 6.07) is 6.49. The Morgan fingerprint density at radius 2 is 2.07 bits per heavy atom. The van der Waals surface area contributed by atoms with E-state index < -0.39 is 0 Å². The first kappa shape index (κ1) is 10.5. The van der Waals surface area contributed by atoms with Crippen LogP contribution in [0, 0.1) is 6.92 Å². The second kappa shape index (κ2) is 4.64. The SMILES string of the molecule is Cc1cc(N2CCOCC2)ccc1CN. The zero-order chi connectivity index (χ0) is 10.7. The topological polar surface area (TPSA) is 38.5 Å². The summed E-state index contributed by atoms with van der Waals surface area (Å²) in [5, 5.41) is 0. The van der Waals surface area contributed by atoms with Gasteiger partial charge < -0.3 is 15.4 Å². The zero-order valence-electron chi connectivity index (χ0n) is 9.20. The summed E-state index contributed by atoms with van der Waals surface area (Å²) in [5.41, 5.74) is 9.44. The van der Waals surface area contributed by atoms with Gasteiger partial charge in [-0.15, -0.1) is 0 Å². The predicted molar refractivity (Wildman–Crippen MR) is 62.1 cm³/mol. The van der Waals surface area contributed by atoms with Gasteiger partial charge in [0, 0.05) is 25.3 Å².